The van der Waals surface area contributed by atoms with E-state index in [-0.39, 0.29) is 5.69 Å². The third-order valence-electron chi connectivity index (χ3n) is 2.66. The molecule has 1 aromatic carbocycles. The predicted octanol–water partition coefficient (Wildman–Crippen LogP) is 2.64. The number of nitrogens with zero attached hydrogens (tertiary/aromatic N) is 4. The van der Waals surface area contributed by atoms with E-state index < -0.39 is 0 Å². The maximum atomic E-state index is 8.96. The van der Waals surface area contributed by atoms with Gasteiger partial charge in [-0.25, -0.2) is 9.97 Å². The first-order valence-corrected chi connectivity index (χ1v) is 5.70. The van der Waals surface area contributed by atoms with Crippen LogP contribution in [0.3, 0.4) is 0 Å². The van der Waals surface area contributed by atoms with Crippen LogP contribution in [0.2, 0.25) is 0 Å². The second-order valence-corrected chi connectivity index (χ2v) is 3.91. The first-order valence-electron chi connectivity index (χ1n) is 5.70. The summed E-state index contributed by atoms with van der Waals surface area (Å²) >= 11 is 0. The molecule has 0 saturated carbocycles. The van der Waals surface area contributed by atoms with Gasteiger partial charge in [0, 0.05) is 17.8 Å². The summed E-state index contributed by atoms with van der Waals surface area (Å²) in [5.41, 5.74) is 1.96. The van der Waals surface area contributed by atoms with Gasteiger partial charge >= 0.3 is 0 Å². The highest BCUT2D eigenvalue weighted by Crippen LogP contribution is 2.20. The van der Waals surface area contributed by atoms with Gasteiger partial charge in [0.05, 0.1) is 17.4 Å². The maximum Gasteiger partial charge on any atom is 0.183 e. The van der Waals surface area contributed by atoms with Crippen molar-refractivity contribution in [2.45, 2.75) is 0 Å². The Morgan fingerprint density at radius 3 is 2.79 bits per heavy atom. The largest absolute Gasteiger partial charge is 0.337 e. The van der Waals surface area contributed by atoms with Crippen molar-refractivity contribution in [2.24, 2.45) is 0 Å². The molecule has 3 aromatic rings. The highest BCUT2D eigenvalue weighted by Gasteiger charge is 2.05. The second kappa shape index (κ2) is 4.70. The monoisotopic (exact) mass is 247 g/mol. The normalized spacial score (nSPS) is 10.1. The predicted molar refractivity (Wildman–Crippen MR) is 71.8 cm³/mol. The number of hydrogen-bond acceptors (Lipinski definition) is 5. The van der Waals surface area contributed by atoms with Gasteiger partial charge in [-0.3, -0.25) is 4.98 Å². The van der Waals surface area contributed by atoms with Gasteiger partial charge in [0.15, 0.2) is 11.5 Å². The fourth-order valence-electron chi connectivity index (χ4n) is 1.79. The van der Waals surface area contributed by atoms with Gasteiger partial charge in [-0.2, -0.15) is 5.26 Å². The summed E-state index contributed by atoms with van der Waals surface area (Å²) in [5.74, 6) is 0.432. The highest BCUT2D eigenvalue weighted by atomic mass is 15.0. The van der Waals surface area contributed by atoms with Crippen molar-refractivity contribution >= 4 is 22.4 Å². The number of nitriles is 1. The number of hydrogen-bond donors (Lipinski definition) is 1. The van der Waals surface area contributed by atoms with Gasteiger partial charge in [0.25, 0.3) is 0 Å². The van der Waals surface area contributed by atoms with E-state index in [9.17, 15) is 0 Å². The molecule has 5 nitrogen and oxygen atoms in total. The number of rotatable bonds is 2. The first-order chi connectivity index (χ1) is 9.36. The molecule has 2 heterocycles. The van der Waals surface area contributed by atoms with Gasteiger partial charge in [-0.15, -0.1) is 0 Å². The zero-order chi connectivity index (χ0) is 13.1. The Morgan fingerprint density at radius 1 is 1.05 bits per heavy atom. The molecule has 0 atom stereocenters. The van der Waals surface area contributed by atoms with E-state index in [1.54, 1.807) is 6.20 Å². The molecule has 2 aromatic heterocycles. The van der Waals surface area contributed by atoms with Crippen LogP contribution >= 0.6 is 0 Å². The third kappa shape index (κ3) is 2.19. The molecule has 3 rings (SSSR count). The van der Waals surface area contributed by atoms with Gasteiger partial charge in [-0.1, -0.05) is 18.2 Å². The Kier molecular flexibility index (Phi) is 2.75. The molecule has 0 fully saturated rings. The third-order valence-corrected chi connectivity index (χ3v) is 2.66. The standard InChI is InChI=1S/C14H9N5/c15-8-13-14(17-6-5-16-13)19-11-7-10-3-1-2-4-12(10)18-9-11/h1-7,9H,(H,17,19). The Labute approximate surface area is 109 Å². The van der Waals surface area contributed by atoms with Crippen molar-refractivity contribution in [1.82, 2.24) is 15.0 Å². The van der Waals surface area contributed by atoms with Gasteiger partial charge in [-0.05, 0) is 12.1 Å². The topological polar surface area (TPSA) is 74.5 Å². The van der Waals surface area contributed by atoms with E-state index in [0.717, 1.165) is 16.6 Å². The van der Waals surface area contributed by atoms with Crippen LogP contribution in [0.4, 0.5) is 11.5 Å². The Balaban J connectivity index is 1.99. The van der Waals surface area contributed by atoms with Crippen LogP contribution in [0.1, 0.15) is 5.69 Å². The number of benzene rings is 1. The van der Waals surface area contributed by atoms with E-state index in [0.29, 0.717) is 5.82 Å². The number of anilines is 2. The minimum Gasteiger partial charge on any atom is -0.337 e. The lowest BCUT2D eigenvalue weighted by Gasteiger charge is -2.06. The SMILES string of the molecule is N#Cc1nccnc1Nc1cnc2ccccc2c1. The molecular weight excluding hydrogens is 238 g/mol. The van der Waals surface area contributed by atoms with Gasteiger partial charge < -0.3 is 5.32 Å². The average Bonchev–Trinajstić information content (AvgIpc) is 2.48. The summed E-state index contributed by atoms with van der Waals surface area (Å²) in [4.78, 5) is 12.4. The molecule has 0 unspecified atom stereocenters. The molecule has 0 spiro atoms. The number of pyridine rings is 1. The molecule has 5 heteroatoms. The van der Waals surface area contributed by atoms with E-state index >= 15 is 0 Å². The molecule has 0 bridgehead atoms. The Hall–Kier alpha value is -3.00. The fourth-order valence-corrected chi connectivity index (χ4v) is 1.79. The maximum absolute atomic E-state index is 8.96. The highest BCUT2D eigenvalue weighted by molar-refractivity contribution is 5.82. The summed E-state index contributed by atoms with van der Waals surface area (Å²) < 4.78 is 0. The molecule has 0 radical (unpaired) electrons. The van der Waals surface area contributed by atoms with Crippen LogP contribution in [0.25, 0.3) is 10.9 Å². The molecule has 0 aliphatic carbocycles. The lowest BCUT2D eigenvalue weighted by molar-refractivity contribution is 1.16. The van der Waals surface area contributed by atoms with Crippen LogP contribution in [0, 0.1) is 11.3 Å². The summed E-state index contributed by atoms with van der Waals surface area (Å²) in [6.45, 7) is 0. The molecule has 1 N–H and O–H groups in total. The smallest absolute Gasteiger partial charge is 0.183 e. The quantitative estimate of drug-likeness (QED) is 0.753. The minimum atomic E-state index is 0.260. The molecular formula is C14H9N5. The molecule has 19 heavy (non-hydrogen) atoms. The first kappa shape index (κ1) is 11.1. The lowest BCUT2D eigenvalue weighted by atomic mass is 10.2. The number of aromatic nitrogens is 3. The summed E-state index contributed by atoms with van der Waals surface area (Å²) in [5, 5.41) is 13.0. The minimum absolute atomic E-state index is 0.260. The van der Waals surface area contributed by atoms with Crippen LogP contribution in [0.15, 0.2) is 48.9 Å². The fraction of sp³-hybridized carbons (Fsp3) is 0. The van der Waals surface area contributed by atoms with E-state index in [1.807, 2.05) is 36.4 Å². The molecule has 0 amide bonds. The lowest BCUT2D eigenvalue weighted by Crippen LogP contribution is -1.98. The van der Waals surface area contributed by atoms with Crippen molar-refractivity contribution in [3.8, 4) is 6.07 Å². The summed E-state index contributed by atoms with van der Waals surface area (Å²) in [6, 6.07) is 11.8. The van der Waals surface area contributed by atoms with E-state index in [4.69, 9.17) is 5.26 Å². The Morgan fingerprint density at radius 2 is 1.89 bits per heavy atom. The van der Waals surface area contributed by atoms with Crippen LogP contribution in [0.5, 0.6) is 0 Å². The van der Waals surface area contributed by atoms with E-state index in [1.165, 1.54) is 12.4 Å². The van der Waals surface area contributed by atoms with Gasteiger partial charge in [0.2, 0.25) is 0 Å². The average molecular weight is 247 g/mol. The van der Waals surface area contributed by atoms with Crippen molar-refractivity contribution in [1.29, 1.82) is 5.26 Å². The summed E-state index contributed by atoms with van der Waals surface area (Å²) in [6.07, 6.45) is 4.73. The summed E-state index contributed by atoms with van der Waals surface area (Å²) in [7, 11) is 0. The Bertz CT molecular complexity index is 776. The number of fused-ring (bicyclic) bond motifs is 1. The van der Waals surface area contributed by atoms with Gasteiger partial charge in [0.1, 0.15) is 6.07 Å². The van der Waals surface area contributed by atoms with Crippen molar-refractivity contribution in [2.75, 3.05) is 5.32 Å². The number of para-hydroxylation sites is 1. The van der Waals surface area contributed by atoms with Crippen LogP contribution < -0.4 is 5.32 Å². The number of nitrogens with one attached hydrogen (secondary N) is 1. The molecule has 0 saturated heterocycles. The zero-order valence-corrected chi connectivity index (χ0v) is 9.91. The zero-order valence-electron chi connectivity index (χ0n) is 9.91. The van der Waals surface area contributed by atoms with Crippen molar-refractivity contribution in [3.05, 3.63) is 54.6 Å². The van der Waals surface area contributed by atoms with E-state index in [2.05, 4.69) is 20.3 Å². The molecule has 90 valence electrons. The molecule has 0 aliphatic heterocycles. The second-order valence-electron chi connectivity index (χ2n) is 3.91. The van der Waals surface area contributed by atoms with Crippen LogP contribution in [-0.4, -0.2) is 15.0 Å². The van der Waals surface area contributed by atoms with Crippen LogP contribution in [-0.2, 0) is 0 Å². The van der Waals surface area contributed by atoms with Crippen molar-refractivity contribution < 1.29 is 0 Å². The molecule has 0 aliphatic rings. The van der Waals surface area contributed by atoms with Crippen molar-refractivity contribution in [3.63, 3.8) is 0 Å².